The Kier molecular flexibility index (Phi) is 4.97. The first-order chi connectivity index (χ1) is 11.5. The molecule has 0 aliphatic heterocycles. The number of hydrogen-bond donors (Lipinski definition) is 1. The average molecular weight is 360 g/mol. The van der Waals surface area contributed by atoms with E-state index in [0.29, 0.717) is 28.8 Å². The lowest BCUT2D eigenvalue weighted by Gasteiger charge is -2.25. The maximum atomic E-state index is 12.7. The summed E-state index contributed by atoms with van der Waals surface area (Å²) in [6.07, 6.45) is 5.06. The molecule has 124 valence electrons. The molecule has 1 aliphatic carbocycles. The van der Waals surface area contributed by atoms with Crippen molar-refractivity contribution in [2.75, 3.05) is 0 Å². The standard InChI is InChI=1S/C19H18ClNO2S/c1-3-7-24-17(4-2)11-8-15-18(16(22)9-11)19(23)13-10-12(20)5-6-14(13)21-15/h3-7,10-11H,8-9H2,1-2H3,(H,21,23)/b7-3-,17-4-. The van der Waals surface area contributed by atoms with Crippen LogP contribution in [-0.4, -0.2) is 10.8 Å². The van der Waals surface area contributed by atoms with Gasteiger partial charge in [-0.3, -0.25) is 9.59 Å². The van der Waals surface area contributed by atoms with E-state index in [4.69, 9.17) is 11.6 Å². The second-order valence-electron chi connectivity index (χ2n) is 5.80. The topological polar surface area (TPSA) is 49.9 Å². The summed E-state index contributed by atoms with van der Waals surface area (Å²) >= 11 is 7.62. The fourth-order valence-corrected chi connectivity index (χ4v) is 4.11. The second kappa shape index (κ2) is 6.99. The number of ketones is 1. The molecule has 1 heterocycles. The molecule has 2 aromatic rings. The van der Waals surface area contributed by atoms with Crippen molar-refractivity contribution in [2.45, 2.75) is 26.7 Å². The van der Waals surface area contributed by atoms with Gasteiger partial charge in [-0.2, -0.15) is 0 Å². The van der Waals surface area contributed by atoms with Crippen LogP contribution in [0, 0.1) is 5.92 Å². The average Bonchev–Trinajstić information content (AvgIpc) is 2.56. The Morgan fingerprint density at radius 2 is 2.08 bits per heavy atom. The van der Waals surface area contributed by atoms with Gasteiger partial charge in [0.1, 0.15) is 0 Å². The van der Waals surface area contributed by atoms with Gasteiger partial charge in [0, 0.05) is 34.0 Å². The van der Waals surface area contributed by atoms with E-state index in [2.05, 4.69) is 4.98 Å². The Balaban J connectivity index is 2.08. The predicted molar refractivity (Wildman–Crippen MR) is 102 cm³/mol. The van der Waals surface area contributed by atoms with Crippen molar-refractivity contribution >= 4 is 40.0 Å². The molecule has 0 spiro atoms. The molecular formula is C19H18ClNO2S. The number of carbonyl (C=O) groups is 1. The van der Waals surface area contributed by atoms with Crippen LogP contribution in [0.1, 0.15) is 36.3 Å². The van der Waals surface area contributed by atoms with E-state index in [-0.39, 0.29) is 17.1 Å². The van der Waals surface area contributed by atoms with Crippen molar-refractivity contribution in [3.05, 3.63) is 67.2 Å². The molecular weight excluding hydrogens is 342 g/mol. The van der Waals surface area contributed by atoms with Gasteiger partial charge in [-0.25, -0.2) is 0 Å². The third-order valence-corrected chi connectivity index (χ3v) is 5.71. The Labute approximate surface area is 149 Å². The van der Waals surface area contributed by atoms with Crippen LogP contribution in [0.3, 0.4) is 0 Å². The number of Topliss-reactive ketones (excluding diaryl/α,β-unsaturated/α-hetero) is 1. The van der Waals surface area contributed by atoms with Crippen molar-refractivity contribution in [1.82, 2.24) is 4.98 Å². The van der Waals surface area contributed by atoms with Crippen molar-refractivity contribution in [3.63, 3.8) is 0 Å². The van der Waals surface area contributed by atoms with Crippen LogP contribution < -0.4 is 5.43 Å². The van der Waals surface area contributed by atoms with Crippen molar-refractivity contribution in [2.24, 2.45) is 5.92 Å². The normalized spacial score (nSPS) is 18.4. The molecule has 0 saturated carbocycles. The van der Waals surface area contributed by atoms with Crippen LogP contribution in [0.2, 0.25) is 5.02 Å². The van der Waals surface area contributed by atoms with Gasteiger partial charge in [-0.1, -0.05) is 23.8 Å². The molecule has 24 heavy (non-hydrogen) atoms. The molecule has 1 unspecified atom stereocenters. The van der Waals surface area contributed by atoms with Crippen LogP contribution in [0.15, 0.2) is 45.5 Å². The monoisotopic (exact) mass is 359 g/mol. The zero-order valence-electron chi connectivity index (χ0n) is 13.6. The fraction of sp³-hybridized carbons (Fsp3) is 0.263. The number of H-pyrrole nitrogens is 1. The number of nitrogens with one attached hydrogen (secondary N) is 1. The number of aromatic nitrogens is 1. The summed E-state index contributed by atoms with van der Waals surface area (Å²) < 4.78 is 0. The molecule has 1 aliphatic rings. The first-order valence-electron chi connectivity index (χ1n) is 7.86. The molecule has 0 saturated heterocycles. The van der Waals surface area contributed by atoms with Crippen molar-refractivity contribution in [1.29, 1.82) is 0 Å². The summed E-state index contributed by atoms with van der Waals surface area (Å²) in [5, 5.41) is 2.98. The number of halogens is 1. The molecule has 0 amide bonds. The highest BCUT2D eigenvalue weighted by molar-refractivity contribution is 8.05. The maximum Gasteiger partial charge on any atom is 0.200 e. The summed E-state index contributed by atoms with van der Waals surface area (Å²) in [5.41, 5.74) is 1.54. The van der Waals surface area contributed by atoms with Crippen molar-refractivity contribution < 1.29 is 4.79 Å². The number of thioether (sulfide) groups is 1. The van der Waals surface area contributed by atoms with Gasteiger partial charge in [-0.15, -0.1) is 11.8 Å². The number of pyridine rings is 1. The second-order valence-corrected chi connectivity index (χ2v) is 7.22. The lowest BCUT2D eigenvalue weighted by Crippen LogP contribution is -2.28. The van der Waals surface area contributed by atoms with E-state index in [9.17, 15) is 9.59 Å². The van der Waals surface area contributed by atoms with Gasteiger partial charge in [0.25, 0.3) is 0 Å². The van der Waals surface area contributed by atoms with Gasteiger partial charge in [0.2, 0.25) is 5.43 Å². The number of aromatic amines is 1. The van der Waals surface area contributed by atoms with E-state index in [1.165, 1.54) is 0 Å². The first kappa shape index (κ1) is 17.1. The van der Waals surface area contributed by atoms with Gasteiger partial charge in [-0.05, 0) is 48.8 Å². The summed E-state index contributed by atoms with van der Waals surface area (Å²) in [7, 11) is 0. The van der Waals surface area contributed by atoms with E-state index < -0.39 is 0 Å². The fourth-order valence-electron chi connectivity index (χ4n) is 3.15. The number of allylic oxidation sites excluding steroid dienone is 3. The zero-order valence-corrected chi connectivity index (χ0v) is 15.1. The van der Waals surface area contributed by atoms with E-state index in [1.807, 2.05) is 31.4 Å². The molecule has 0 fully saturated rings. The summed E-state index contributed by atoms with van der Waals surface area (Å²) in [4.78, 5) is 29.8. The van der Waals surface area contributed by atoms with Crippen LogP contribution in [0.25, 0.3) is 10.9 Å². The van der Waals surface area contributed by atoms with Gasteiger partial charge < -0.3 is 4.98 Å². The highest BCUT2D eigenvalue weighted by Crippen LogP contribution is 2.35. The van der Waals surface area contributed by atoms with Crippen LogP contribution in [0.4, 0.5) is 0 Å². The summed E-state index contributed by atoms with van der Waals surface area (Å²) in [5.74, 6) is 0.0152. The largest absolute Gasteiger partial charge is 0.358 e. The molecule has 1 aromatic heterocycles. The minimum Gasteiger partial charge on any atom is -0.358 e. The molecule has 0 bridgehead atoms. The van der Waals surface area contributed by atoms with E-state index in [0.717, 1.165) is 16.1 Å². The number of carbonyl (C=O) groups excluding carboxylic acids is 1. The van der Waals surface area contributed by atoms with E-state index in [1.54, 1.807) is 30.0 Å². The minimum atomic E-state index is -0.215. The van der Waals surface area contributed by atoms with Gasteiger partial charge in [0.15, 0.2) is 5.78 Å². The third-order valence-electron chi connectivity index (χ3n) is 4.23. The van der Waals surface area contributed by atoms with Gasteiger partial charge >= 0.3 is 0 Å². The lowest BCUT2D eigenvalue weighted by atomic mass is 9.84. The number of benzene rings is 1. The summed E-state index contributed by atoms with van der Waals surface area (Å²) in [6.45, 7) is 3.95. The number of rotatable bonds is 3. The Hall–Kier alpha value is -1.78. The SMILES string of the molecule is C/C=C\S/C(=C\C)C1CC(=O)c2c([nH]c3ccc(Cl)cc3c2=O)C1. The highest BCUT2D eigenvalue weighted by atomic mass is 35.5. The smallest absolute Gasteiger partial charge is 0.200 e. The van der Waals surface area contributed by atoms with Crippen molar-refractivity contribution in [3.8, 4) is 0 Å². The Bertz CT molecular complexity index is 927. The molecule has 3 rings (SSSR count). The van der Waals surface area contributed by atoms with Crippen LogP contribution in [-0.2, 0) is 6.42 Å². The molecule has 1 N–H and O–H groups in total. The molecule has 0 radical (unpaired) electrons. The quantitative estimate of drug-likeness (QED) is 0.829. The third kappa shape index (κ3) is 3.08. The zero-order chi connectivity index (χ0) is 17.3. The highest BCUT2D eigenvalue weighted by Gasteiger charge is 2.30. The Morgan fingerprint density at radius 3 is 2.79 bits per heavy atom. The predicted octanol–water partition coefficient (Wildman–Crippen LogP) is 5.10. The van der Waals surface area contributed by atoms with Crippen LogP contribution >= 0.6 is 23.4 Å². The molecule has 1 aromatic carbocycles. The van der Waals surface area contributed by atoms with Crippen LogP contribution in [0.5, 0.6) is 0 Å². The first-order valence-corrected chi connectivity index (χ1v) is 9.12. The summed E-state index contributed by atoms with van der Waals surface area (Å²) in [6, 6.07) is 5.15. The maximum absolute atomic E-state index is 12.7. The minimum absolute atomic E-state index is 0.0928. The molecule has 5 heteroatoms. The van der Waals surface area contributed by atoms with Gasteiger partial charge in [0.05, 0.1) is 5.56 Å². The molecule has 3 nitrogen and oxygen atoms in total. The number of hydrogen-bond acceptors (Lipinski definition) is 3. The van der Waals surface area contributed by atoms with E-state index >= 15 is 0 Å². The molecule has 1 atom stereocenters. The number of fused-ring (bicyclic) bond motifs is 2. The lowest BCUT2D eigenvalue weighted by molar-refractivity contribution is 0.0956. The Morgan fingerprint density at radius 1 is 1.29 bits per heavy atom.